The normalized spacial score (nSPS) is 11.4. The molecule has 6 heteroatoms. The predicted molar refractivity (Wildman–Crippen MR) is 80.7 cm³/mol. The second-order valence-corrected chi connectivity index (χ2v) is 5.18. The Morgan fingerprint density at radius 3 is 2.76 bits per heavy atom. The van der Waals surface area contributed by atoms with Gasteiger partial charge in [0.15, 0.2) is 5.65 Å². The number of rotatable bonds is 4. The zero-order valence-electron chi connectivity index (χ0n) is 12.1. The van der Waals surface area contributed by atoms with Crippen molar-refractivity contribution in [2.45, 2.75) is 13.1 Å². The van der Waals surface area contributed by atoms with Gasteiger partial charge in [-0.25, -0.2) is 4.98 Å². The number of hydrogen-bond donors (Lipinski definition) is 1. The molecule has 6 nitrogen and oxygen atoms in total. The highest BCUT2D eigenvalue weighted by Gasteiger charge is 2.09. The van der Waals surface area contributed by atoms with Gasteiger partial charge in [0.1, 0.15) is 11.2 Å². The molecular formula is C15H17N5O. The molecule has 0 aliphatic rings. The Bertz CT molecular complexity index is 806. The summed E-state index contributed by atoms with van der Waals surface area (Å²) in [6, 6.07) is 10.2. The molecule has 0 unspecified atom stereocenters. The fraction of sp³-hybridized carbons (Fsp3) is 0.267. The number of nitrogens with one attached hydrogen (secondary N) is 1. The Labute approximate surface area is 122 Å². The van der Waals surface area contributed by atoms with Gasteiger partial charge < -0.3 is 4.98 Å². The van der Waals surface area contributed by atoms with Crippen molar-refractivity contribution in [3.8, 4) is 0 Å². The van der Waals surface area contributed by atoms with Crippen LogP contribution in [-0.4, -0.2) is 31.7 Å². The Morgan fingerprint density at radius 1 is 1.24 bits per heavy atom. The van der Waals surface area contributed by atoms with Gasteiger partial charge in [-0.2, -0.15) is 5.10 Å². The molecule has 0 fully saturated rings. The molecule has 2 heterocycles. The molecule has 21 heavy (non-hydrogen) atoms. The van der Waals surface area contributed by atoms with Gasteiger partial charge in [0.05, 0.1) is 12.7 Å². The first-order valence-corrected chi connectivity index (χ1v) is 6.77. The van der Waals surface area contributed by atoms with Gasteiger partial charge in [0, 0.05) is 13.6 Å². The Balaban J connectivity index is 1.81. The SMILES string of the molecule is CN(Cc1ccccc1)Cc1nc2c(cnn2C)c(=O)[nH]1. The number of aromatic nitrogens is 4. The van der Waals surface area contributed by atoms with Crippen LogP contribution >= 0.6 is 0 Å². The van der Waals surface area contributed by atoms with Gasteiger partial charge in [-0.05, 0) is 12.6 Å². The third kappa shape index (κ3) is 2.85. The molecule has 108 valence electrons. The van der Waals surface area contributed by atoms with Crippen LogP contribution in [0, 0.1) is 0 Å². The maximum absolute atomic E-state index is 12.0. The van der Waals surface area contributed by atoms with E-state index in [9.17, 15) is 4.79 Å². The molecule has 3 aromatic rings. The summed E-state index contributed by atoms with van der Waals surface area (Å²) < 4.78 is 1.62. The van der Waals surface area contributed by atoms with E-state index in [0.717, 1.165) is 6.54 Å². The highest BCUT2D eigenvalue weighted by atomic mass is 16.1. The van der Waals surface area contributed by atoms with Gasteiger partial charge in [0.25, 0.3) is 5.56 Å². The van der Waals surface area contributed by atoms with Crippen LogP contribution in [0.1, 0.15) is 11.4 Å². The van der Waals surface area contributed by atoms with Crippen molar-refractivity contribution < 1.29 is 0 Å². The van der Waals surface area contributed by atoms with E-state index in [1.165, 1.54) is 5.56 Å². The first-order valence-electron chi connectivity index (χ1n) is 6.77. The average Bonchev–Trinajstić information content (AvgIpc) is 2.82. The number of nitrogens with zero attached hydrogens (tertiary/aromatic N) is 4. The van der Waals surface area contributed by atoms with Gasteiger partial charge >= 0.3 is 0 Å². The third-order valence-corrected chi connectivity index (χ3v) is 3.37. The first kappa shape index (κ1) is 13.5. The van der Waals surface area contributed by atoms with Crippen LogP contribution in [0.4, 0.5) is 0 Å². The largest absolute Gasteiger partial charge is 0.309 e. The lowest BCUT2D eigenvalue weighted by molar-refractivity contribution is 0.310. The predicted octanol–water partition coefficient (Wildman–Crippen LogP) is 1.29. The van der Waals surface area contributed by atoms with Crippen molar-refractivity contribution in [3.63, 3.8) is 0 Å². The standard InChI is InChI=1S/C15H17N5O/c1-19(9-11-6-4-3-5-7-11)10-13-17-14-12(15(21)18-13)8-16-20(14)2/h3-8H,9-10H2,1-2H3,(H,17,18,21). The lowest BCUT2D eigenvalue weighted by atomic mass is 10.2. The van der Waals surface area contributed by atoms with E-state index >= 15 is 0 Å². The summed E-state index contributed by atoms with van der Waals surface area (Å²) in [7, 11) is 3.78. The second kappa shape index (κ2) is 5.49. The number of H-pyrrole nitrogens is 1. The monoisotopic (exact) mass is 283 g/mol. The van der Waals surface area contributed by atoms with Crippen molar-refractivity contribution in [1.82, 2.24) is 24.6 Å². The van der Waals surface area contributed by atoms with E-state index in [0.29, 0.717) is 23.4 Å². The molecule has 2 aromatic heterocycles. The van der Waals surface area contributed by atoms with Crippen molar-refractivity contribution in [2.75, 3.05) is 7.05 Å². The summed E-state index contributed by atoms with van der Waals surface area (Å²) in [6.45, 7) is 1.37. The van der Waals surface area contributed by atoms with Gasteiger partial charge in [-0.15, -0.1) is 0 Å². The smallest absolute Gasteiger partial charge is 0.262 e. The number of fused-ring (bicyclic) bond motifs is 1. The van der Waals surface area contributed by atoms with Crippen LogP contribution in [-0.2, 0) is 20.1 Å². The molecule has 0 saturated heterocycles. The number of aryl methyl sites for hydroxylation is 1. The van der Waals surface area contributed by atoms with Crippen molar-refractivity contribution in [1.29, 1.82) is 0 Å². The topological polar surface area (TPSA) is 66.8 Å². The average molecular weight is 283 g/mol. The van der Waals surface area contributed by atoms with Gasteiger partial charge in [-0.3, -0.25) is 14.4 Å². The summed E-state index contributed by atoms with van der Waals surface area (Å²) in [4.78, 5) is 21.4. The summed E-state index contributed by atoms with van der Waals surface area (Å²) in [5.74, 6) is 0.648. The zero-order valence-corrected chi connectivity index (χ0v) is 12.1. The summed E-state index contributed by atoms with van der Waals surface area (Å²) in [5.41, 5.74) is 1.70. The molecule has 0 bridgehead atoms. The van der Waals surface area contributed by atoms with E-state index in [2.05, 4.69) is 32.1 Å². The quantitative estimate of drug-likeness (QED) is 0.783. The molecule has 0 aliphatic heterocycles. The molecule has 0 saturated carbocycles. The number of hydrogen-bond acceptors (Lipinski definition) is 4. The molecule has 0 atom stereocenters. The van der Waals surface area contributed by atoms with Crippen LogP contribution in [0.3, 0.4) is 0 Å². The fourth-order valence-corrected chi connectivity index (χ4v) is 2.36. The molecule has 1 N–H and O–H groups in total. The molecule has 0 spiro atoms. The lowest BCUT2D eigenvalue weighted by Crippen LogP contribution is -2.22. The summed E-state index contributed by atoms with van der Waals surface area (Å²) >= 11 is 0. The third-order valence-electron chi connectivity index (χ3n) is 3.37. The Morgan fingerprint density at radius 2 is 2.00 bits per heavy atom. The Hall–Kier alpha value is -2.47. The van der Waals surface area contributed by atoms with Gasteiger partial charge in [-0.1, -0.05) is 30.3 Å². The highest BCUT2D eigenvalue weighted by Crippen LogP contribution is 2.08. The van der Waals surface area contributed by atoms with Crippen molar-refractivity contribution >= 4 is 11.0 Å². The maximum atomic E-state index is 12.0. The van der Waals surface area contributed by atoms with Crippen molar-refractivity contribution in [3.05, 3.63) is 58.3 Å². The minimum atomic E-state index is -0.142. The maximum Gasteiger partial charge on any atom is 0.262 e. The van der Waals surface area contributed by atoms with Crippen LogP contribution in [0.5, 0.6) is 0 Å². The second-order valence-electron chi connectivity index (χ2n) is 5.18. The zero-order chi connectivity index (χ0) is 14.8. The van der Waals surface area contributed by atoms with Crippen LogP contribution < -0.4 is 5.56 Å². The van der Waals surface area contributed by atoms with E-state index < -0.39 is 0 Å². The summed E-state index contributed by atoms with van der Waals surface area (Å²) in [6.07, 6.45) is 1.54. The van der Waals surface area contributed by atoms with E-state index in [-0.39, 0.29) is 5.56 Å². The molecule has 3 rings (SSSR count). The van der Waals surface area contributed by atoms with Gasteiger partial charge in [0.2, 0.25) is 0 Å². The van der Waals surface area contributed by atoms with E-state index in [1.54, 1.807) is 17.9 Å². The number of benzene rings is 1. The summed E-state index contributed by atoms with van der Waals surface area (Å²) in [5, 5.41) is 4.59. The van der Waals surface area contributed by atoms with Crippen LogP contribution in [0.25, 0.3) is 11.0 Å². The Kier molecular flexibility index (Phi) is 3.53. The molecular weight excluding hydrogens is 266 g/mol. The molecule has 0 aliphatic carbocycles. The van der Waals surface area contributed by atoms with Crippen LogP contribution in [0.15, 0.2) is 41.3 Å². The lowest BCUT2D eigenvalue weighted by Gasteiger charge is -2.15. The van der Waals surface area contributed by atoms with Crippen LogP contribution in [0.2, 0.25) is 0 Å². The molecule has 0 amide bonds. The molecule has 1 aromatic carbocycles. The van der Waals surface area contributed by atoms with Crippen molar-refractivity contribution in [2.24, 2.45) is 7.05 Å². The number of aromatic amines is 1. The van der Waals surface area contributed by atoms with E-state index in [1.807, 2.05) is 25.2 Å². The minimum Gasteiger partial charge on any atom is -0.309 e. The fourth-order valence-electron chi connectivity index (χ4n) is 2.36. The minimum absolute atomic E-state index is 0.142. The van der Waals surface area contributed by atoms with E-state index in [4.69, 9.17) is 0 Å². The first-order chi connectivity index (χ1) is 10.1. The molecule has 0 radical (unpaired) electrons. The highest BCUT2D eigenvalue weighted by molar-refractivity contribution is 5.72.